The van der Waals surface area contributed by atoms with Gasteiger partial charge in [0, 0.05) is 17.6 Å². The van der Waals surface area contributed by atoms with E-state index in [1.165, 1.54) is 0 Å². The predicted molar refractivity (Wildman–Crippen MR) is 133 cm³/mol. The average molecular weight is 452 g/mol. The van der Waals surface area contributed by atoms with Crippen LogP contribution in [-0.4, -0.2) is 43.5 Å². The van der Waals surface area contributed by atoms with Crippen molar-refractivity contribution in [2.24, 2.45) is 5.41 Å². The van der Waals surface area contributed by atoms with E-state index >= 15 is 0 Å². The van der Waals surface area contributed by atoms with E-state index in [4.69, 9.17) is 4.74 Å². The molecule has 178 valence electrons. The van der Waals surface area contributed by atoms with Gasteiger partial charge in [0.1, 0.15) is 11.5 Å². The maximum Gasteiger partial charge on any atom is 0.319 e. The summed E-state index contributed by atoms with van der Waals surface area (Å²) >= 11 is 0. The minimum absolute atomic E-state index is 0.0976. The van der Waals surface area contributed by atoms with Gasteiger partial charge < -0.3 is 20.3 Å². The number of likely N-dealkylation sites (tertiary alicyclic amines) is 1. The highest BCUT2D eigenvalue weighted by Crippen LogP contribution is 2.37. The number of hydrogen-bond donors (Lipinski definition) is 2. The van der Waals surface area contributed by atoms with Gasteiger partial charge in [0.05, 0.1) is 13.2 Å². The van der Waals surface area contributed by atoms with Crippen LogP contribution < -0.4 is 15.4 Å². The van der Waals surface area contributed by atoms with Crippen molar-refractivity contribution in [3.05, 3.63) is 60.2 Å². The molecule has 2 amide bonds. The molecule has 0 spiro atoms. The van der Waals surface area contributed by atoms with Gasteiger partial charge in [-0.05, 0) is 75.5 Å². The van der Waals surface area contributed by atoms with E-state index in [0.29, 0.717) is 11.5 Å². The van der Waals surface area contributed by atoms with Crippen LogP contribution in [0.5, 0.6) is 5.75 Å². The van der Waals surface area contributed by atoms with Gasteiger partial charge in [0.15, 0.2) is 0 Å². The van der Waals surface area contributed by atoms with Gasteiger partial charge in [0.25, 0.3) is 0 Å². The summed E-state index contributed by atoms with van der Waals surface area (Å²) in [5, 5.41) is 6.05. The summed E-state index contributed by atoms with van der Waals surface area (Å²) in [6.45, 7) is 6.65. The zero-order valence-corrected chi connectivity index (χ0v) is 20.1. The molecule has 0 aromatic heterocycles. The summed E-state index contributed by atoms with van der Waals surface area (Å²) in [7, 11) is 1.62. The van der Waals surface area contributed by atoms with E-state index in [1.807, 2.05) is 42.5 Å². The maximum atomic E-state index is 12.7. The first kappa shape index (κ1) is 24.8. The molecular weight excluding hydrogens is 414 g/mol. The molecule has 1 saturated heterocycles. The number of carbonyl (C=O) groups is 2. The second-order valence-corrected chi connectivity index (χ2v) is 9.01. The second-order valence-electron chi connectivity index (χ2n) is 9.01. The molecule has 1 aliphatic rings. The highest BCUT2D eigenvalue weighted by atomic mass is 16.5. The van der Waals surface area contributed by atoms with Crippen LogP contribution in [-0.2, 0) is 4.79 Å². The largest absolute Gasteiger partial charge is 0.497 e. The van der Waals surface area contributed by atoms with Crippen LogP contribution in [0.25, 0.3) is 0 Å². The number of benzene rings is 2. The Balaban J connectivity index is 1.59. The molecule has 1 unspecified atom stereocenters. The molecule has 33 heavy (non-hydrogen) atoms. The van der Waals surface area contributed by atoms with Gasteiger partial charge in [-0.25, -0.2) is 4.79 Å². The number of rotatable bonds is 10. The molecule has 0 saturated carbocycles. The third-order valence-electron chi connectivity index (χ3n) is 6.88. The number of nitrogens with one attached hydrogen (secondary N) is 2. The smallest absolute Gasteiger partial charge is 0.319 e. The molecule has 2 aromatic rings. The number of amides is 2. The summed E-state index contributed by atoms with van der Waals surface area (Å²) in [4.78, 5) is 27.5. The number of anilines is 1. The van der Waals surface area contributed by atoms with Crippen molar-refractivity contribution in [3.8, 4) is 5.75 Å². The van der Waals surface area contributed by atoms with Crippen molar-refractivity contribution < 1.29 is 14.3 Å². The fourth-order valence-corrected chi connectivity index (χ4v) is 4.78. The Kier molecular flexibility index (Phi) is 8.89. The zero-order chi connectivity index (χ0) is 23.7. The van der Waals surface area contributed by atoms with Crippen molar-refractivity contribution in [3.63, 3.8) is 0 Å². The quantitative estimate of drug-likeness (QED) is 0.506. The Morgan fingerprint density at radius 1 is 1.06 bits per heavy atom. The van der Waals surface area contributed by atoms with Gasteiger partial charge >= 0.3 is 6.03 Å². The number of Topliss-reactive ketones (excluding diaryl/α,β-unsaturated/α-hetero) is 1. The van der Waals surface area contributed by atoms with E-state index in [1.54, 1.807) is 14.0 Å². The van der Waals surface area contributed by atoms with E-state index < -0.39 is 0 Å². The summed E-state index contributed by atoms with van der Waals surface area (Å²) in [5.41, 5.74) is 1.66. The fourth-order valence-electron chi connectivity index (χ4n) is 4.78. The van der Waals surface area contributed by atoms with Crippen LogP contribution in [0.2, 0.25) is 0 Å². The monoisotopic (exact) mass is 451 g/mol. The molecular formula is C27H37N3O3. The van der Waals surface area contributed by atoms with Gasteiger partial charge in [-0.1, -0.05) is 43.7 Å². The van der Waals surface area contributed by atoms with Crippen molar-refractivity contribution in [2.45, 2.75) is 52.0 Å². The Bertz CT molecular complexity index is 891. The van der Waals surface area contributed by atoms with E-state index in [-0.39, 0.29) is 17.5 Å². The molecule has 1 heterocycles. The third kappa shape index (κ3) is 6.81. The summed E-state index contributed by atoms with van der Waals surface area (Å²) in [6.07, 6.45) is 4.69. The topological polar surface area (TPSA) is 70.7 Å². The van der Waals surface area contributed by atoms with Crippen molar-refractivity contribution >= 4 is 17.5 Å². The molecule has 2 N–H and O–H groups in total. The average Bonchev–Trinajstić information content (AvgIpc) is 2.83. The molecule has 0 radical (unpaired) electrons. The summed E-state index contributed by atoms with van der Waals surface area (Å²) in [6, 6.07) is 17.0. The highest BCUT2D eigenvalue weighted by Gasteiger charge is 2.37. The minimum atomic E-state index is -0.230. The van der Waals surface area contributed by atoms with Crippen LogP contribution in [0.1, 0.15) is 57.6 Å². The first-order chi connectivity index (χ1) is 16.0. The number of nitrogens with zero attached hydrogens (tertiary/aromatic N) is 1. The molecule has 1 aliphatic heterocycles. The van der Waals surface area contributed by atoms with Gasteiger partial charge in [0.2, 0.25) is 0 Å². The molecule has 1 fully saturated rings. The molecule has 2 aromatic carbocycles. The standard InChI is InChI=1S/C27H37N3O3/c1-4-15-27(21(2)31)16-19-30(20-17-27)18-14-25(22-8-6-5-7-9-22)29-26(32)28-23-10-12-24(33-3)13-11-23/h5-13,25H,4,14-20H2,1-3H3,(H2,28,29,32). The van der Waals surface area contributed by atoms with E-state index in [9.17, 15) is 9.59 Å². The fraction of sp³-hybridized carbons (Fsp3) is 0.481. The van der Waals surface area contributed by atoms with Gasteiger partial charge in [-0.3, -0.25) is 4.79 Å². The Hall–Kier alpha value is -2.86. The lowest BCUT2D eigenvalue weighted by atomic mass is 9.72. The van der Waals surface area contributed by atoms with Crippen LogP contribution in [0.15, 0.2) is 54.6 Å². The number of urea groups is 1. The molecule has 6 heteroatoms. The van der Waals surface area contributed by atoms with Gasteiger partial charge in [-0.15, -0.1) is 0 Å². The van der Waals surface area contributed by atoms with Crippen LogP contribution in [0.3, 0.4) is 0 Å². The van der Waals surface area contributed by atoms with Crippen LogP contribution in [0.4, 0.5) is 10.5 Å². The lowest BCUT2D eigenvalue weighted by molar-refractivity contribution is -0.129. The minimum Gasteiger partial charge on any atom is -0.497 e. The first-order valence-corrected chi connectivity index (χ1v) is 12.0. The number of piperidine rings is 1. The Morgan fingerprint density at radius 2 is 1.73 bits per heavy atom. The normalized spacial score (nSPS) is 16.6. The lowest BCUT2D eigenvalue weighted by Crippen LogP contribution is -2.44. The number of carbonyl (C=O) groups excluding carboxylic acids is 2. The molecule has 3 rings (SSSR count). The predicted octanol–water partition coefficient (Wildman–Crippen LogP) is 5.42. The summed E-state index contributed by atoms with van der Waals surface area (Å²) < 4.78 is 5.17. The maximum absolute atomic E-state index is 12.7. The molecule has 1 atom stereocenters. The zero-order valence-electron chi connectivity index (χ0n) is 20.1. The molecule has 0 aliphatic carbocycles. The highest BCUT2D eigenvalue weighted by molar-refractivity contribution is 5.89. The number of methoxy groups -OCH3 is 1. The van der Waals surface area contributed by atoms with Crippen LogP contribution >= 0.6 is 0 Å². The van der Waals surface area contributed by atoms with E-state index in [0.717, 1.165) is 63.1 Å². The van der Waals surface area contributed by atoms with Crippen molar-refractivity contribution in [2.75, 3.05) is 32.1 Å². The van der Waals surface area contributed by atoms with Gasteiger partial charge in [-0.2, -0.15) is 0 Å². The SMILES string of the molecule is CCCC1(C(C)=O)CCN(CCC(NC(=O)Nc2ccc(OC)cc2)c2ccccc2)CC1. The molecule has 6 nitrogen and oxygen atoms in total. The summed E-state index contributed by atoms with van der Waals surface area (Å²) in [5.74, 6) is 1.08. The number of hydrogen-bond acceptors (Lipinski definition) is 4. The van der Waals surface area contributed by atoms with Crippen molar-refractivity contribution in [1.29, 1.82) is 0 Å². The molecule has 0 bridgehead atoms. The second kappa shape index (κ2) is 11.8. The Labute approximate surface area is 197 Å². The lowest BCUT2D eigenvalue weighted by Gasteiger charge is -2.40. The first-order valence-electron chi connectivity index (χ1n) is 12.0. The van der Waals surface area contributed by atoms with Crippen molar-refractivity contribution in [1.82, 2.24) is 10.2 Å². The van der Waals surface area contributed by atoms with E-state index in [2.05, 4.69) is 34.6 Å². The number of ether oxygens (including phenoxy) is 1. The number of ketones is 1. The Morgan fingerprint density at radius 3 is 2.30 bits per heavy atom. The van der Waals surface area contributed by atoms with Crippen LogP contribution in [0, 0.1) is 5.41 Å². The third-order valence-corrected chi connectivity index (χ3v) is 6.88.